The van der Waals surface area contributed by atoms with E-state index in [0.29, 0.717) is 13.2 Å². The summed E-state index contributed by atoms with van der Waals surface area (Å²) in [7, 11) is 0. The van der Waals surface area contributed by atoms with Crippen molar-refractivity contribution in [2.24, 2.45) is 0 Å². The number of nitrogens with one attached hydrogen (secondary N) is 1. The van der Waals surface area contributed by atoms with Crippen LogP contribution in [0.15, 0.2) is 72.8 Å². The fourth-order valence-corrected chi connectivity index (χ4v) is 4.03. The fourth-order valence-electron chi connectivity index (χ4n) is 4.03. The van der Waals surface area contributed by atoms with Crippen molar-refractivity contribution in [3.8, 4) is 5.75 Å². The van der Waals surface area contributed by atoms with E-state index >= 15 is 0 Å². The lowest BCUT2D eigenvalue weighted by Crippen LogP contribution is -2.39. The van der Waals surface area contributed by atoms with Crippen LogP contribution in [0.4, 0.5) is 0 Å². The molecule has 3 heteroatoms. The minimum atomic E-state index is -0.705. The van der Waals surface area contributed by atoms with Crippen LogP contribution in [-0.4, -0.2) is 30.4 Å². The largest absolute Gasteiger partial charge is 0.493 e. The van der Waals surface area contributed by atoms with Gasteiger partial charge in [0.2, 0.25) is 0 Å². The molecule has 0 aromatic heterocycles. The highest BCUT2D eigenvalue weighted by Crippen LogP contribution is 2.36. The normalized spacial score (nSPS) is 21.0. The molecule has 134 valence electrons. The number of benzene rings is 3. The molecule has 4 rings (SSSR count). The summed E-state index contributed by atoms with van der Waals surface area (Å²) < 4.78 is 6.14. The van der Waals surface area contributed by atoms with Gasteiger partial charge in [-0.15, -0.1) is 0 Å². The Kier molecular flexibility index (Phi) is 4.91. The van der Waals surface area contributed by atoms with Gasteiger partial charge in [0.25, 0.3) is 0 Å². The molecule has 26 heavy (non-hydrogen) atoms. The van der Waals surface area contributed by atoms with Crippen LogP contribution >= 0.6 is 0 Å². The molecule has 0 amide bonds. The summed E-state index contributed by atoms with van der Waals surface area (Å²) in [5, 5.41) is 16.8. The van der Waals surface area contributed by atoms with E-state index in [9.17, 15) is 5.11 Å². The van der Waals surface area contributed by atoms with Crippen molar-refractivity contribution in [3.05, 3.63) is 78.4 Å². The lowest BCUT2D eigenvalue weighted by molar-refractivity contribution is 0.0243. The molecule has 2 unspecified atom stereocenters. The van der Waals surface area contributed by atoms with Crippen molar-refractivity contribution in [2.75, 3.05) is 19.7 Å². The first kappa shape index (κ1) is 17.1. The molecular formula is C23H25NO2. The molecule has 1 aliphatic heterocycles. The number of aliphatic hydroxyl groups is 1. The summed E-state index contributed by atoms with van der Waals surface area (Å²) in [6.45, 7) is 2.08. The Balaban J connectivity index is 1.52. The van der Waals surface area contributed by atoms with Crippen molar-refractivity contribution in [3.63, 3.8) is 0 Å². The summed E-state index contributed by atoms with van der Waals surface area (Å²) in [5.41, 5.74) is 0.476. The second-order valence-corrected chi connectivity index (χ2v) is 7.11. The number of fused-ring (bicyclic) bond motifs is 1. The minimum Gasteiger partial charge on any atom is -0.493 e. The summed E-state index contributed by atoms with van der Waals surface area (Å²) in [6.07, 6.45) is 1.56. The molecule has 0 radical (unpaired) electrons. The number of hydrogen-bond acceptors (Lipinski definition) is 3. The number of ether oxygens (including phenoxy) is 1. The molecule has 3 nitrogen and oxygen atoms in total. The standard InChI is InChI=1S/C23H25NO2/c25-23(14-15-24-17-23)21(19-8-2-1-3-9-19)13-16-26-22-12-6-10-18-7-4-5-11-20(18)22/h1-12,21,24-25H,13-17H2. The highest BCUT2D eigenvalue weighted by Gasteiger charge is 2.40. The van der Waals surface area contributed by atoms with E-state index in [1.807, 2.05) is 42.5 Å². The summed E-state index contributed by atoms with van der Waals surface area (Å²) in [6, 6.07) is 24.7. The van der Waals surface area contributed by atoms with Gasteiger partial charge in [-0.1, -0.05) is 66.7 Å². The average Bonchev–Trinajstić information content (AvgIpc) is 3.13. The average molecular weight is 347 g/mol. The molecular weight excluding hydrogens is 322 g/mol. The topological polar surface area (TPSA) is 41.5 Å². The molecule has 3 aromatic rings. The van der Waals surface area contributed by atoms with E-state index in [-0.39, 0.29) is 5.92 Å². The minimum absolute atomic E-state index is 0.0636. The van der Waals surface area contributed by atoms with Crippen molar-refractivity contribution in [1.29, 1.82) is 0 Å². The van der Waals surface area contributed by atoms with E-state index < -0.39 is 5.60 Å². The maximum Gasteiger partial charge on any atom is 0.127 e. The van der Waals surface area contributed by atoms with Crippen LogP contribution in [-0.2, 0) is 0 Å². The van der Waals surface area contributed by atoms with E-state index in [4.69, 9.17) is 4.74 Å². The third kappa shape index (κ3) is 3.46. The van der Waals surface area contributed by atoms with E-state index in [0.717, 1.165) is 30.5 Å². The first-order valence-corrected chi connectivity index (χ1v) is 9.35. The Bertz CT molecular complexity index is 851. The van der Waals surface area contributed by atoms with Crippen LogP contribution in [0.1, 0.15) is 24.3 Å². The van der Waals surface area contributed by atoms with E-state index in [1.165, 1.54) is 10.9 Å². The van der Waals surface area contributed by atoms with Crippen molar-refractivity contribution in [1.82, 2.24) is 5.32 Å². The lowest BCUT2D eigenvalue weighted by atomic mass is 9.79. The SMILES string of the molecule is OC1(C(CCOc2cccc3ccccc23)c2ccccc2)CCNC1. The molecule has 0 saturated carbocycles. The zero-order valence-corrected chi connectivity index (χ0v) is 14.9. The quantitative estimate of drug-likeness (QED) is 0.705. The lowest BCUT2D eigenvalue weighted by Gasteiger charge is -2.32. The van der Waals surface area contributed by atoms with Crippen molar-refractivity contribution < 1.29 is 9.84 Å². The molecule has 1 heterocycles. The zero-order chi connectivity index (χ0) is 17.8. The van der Waals surface area contributed by atoms with Crippen LogP contribution in [0.3, 0.4) is 0 Å². The Morgan fingerprint density at radius 3 is 2.54 bits per heavy atom. The van der Waals surface area contributed by atoms with Gasteiger partial charge < -0.3 is 15.2 Å². The van der Waals surface area contributed by atoms with Gasteiger partial charge in [0.05, 0.1) is 12.2 Å². The monoisotopic (exact) mass is 347 g/mol. The Labute approximate surface area is 154 Å². The Morgan fingerprint density at radius 1 is 0.962 bits per heavy atom. The number of β-amino-alcohol motifs (C(OH)–C–C–N with tert-alkyl or cyclic N) is 1. The van der Waals surface area contributed by atoms with Gasteiger partial charge in [0, 0.05) is 17.8 Å². The van der Waals surface area contributed by atoms with Gasteiger partial charge in [-0.3, -0.25) is 0 Å². The third-order valence-corrected chi connectivity index (χ3v) is 5.43. The summed E-state index contributed by atoms with van der Waals surface area (Å²) >= 11 is 0. The summed E-state index contributed by atoms with van der Waals surface area (Å²) in [4.78, 5) is 0. The van der Waals surface area contributed by atoms with Gasteiger partial charge in [-0.05, 0) is 36.4 Å². The predicted octanol–water partition coefficient (Wildman–Crippen LogP) is 4.12. The van der Waals surface area contributed by atoms with E-state index in [2.05, 4.69) is 35.6 Å². The fraction of sp³-hybridized carbons (Fsp3) is 0.304. The van der Waals surface area contributed by atoms with Gasteiger partial charge in [0.1, 0.15) is 5.75 Å². The van der Waals surface area contributed by atoms with Crippen molar-refractivity contribution >= 4 is 10.8 Å². The molecule has 1 saturated heterocycles. The molecule has 0 spiro atoms. The third-order valence-electron chi connectivity index (χ3n) is 5.43. The molecule has 0 bridgehead atoms. The second kappa shape index (κ2) is 7.48. The van der Waals surface area contributed by atoms with Crippen LogP contribution in [0.2, 0.25) is 0 Å². The molecule has 1 aliphatic rings. The molecule has 2 atom stereocenters. The van der Waals surface area contributed by atoms with Gasteiger partial charge in [-0.2, -0.15) is 0 Å². The van der Waals surface area contributed by atoms with Crippen LogP contribution in [0, 0.1) is 0 Å². The molecule has 1 fully saturated rings. The van der Waals surface area contributed by atoms with Gasteiger partial charge in [0.15, 0.2) is 0 Å². The van der Waals surface area contributed by atoms with Crippen LogP contribution in [0.5, 0.6) is 5.75 Å². The van der Waals surface area contributed by atoms with E-state index in [1.54, 1.807) is 0 Å². The van der Waals surface area contributed by atoms with Crippen LogP contribution < -0.4 is 10.1 Å². The van der Waals surface area contributed by atoms with Crippen molar-refractivity contribution in [2.45, 2.75) is 24.4 Å². The highest BCUT2D eigenvalue weighted by molar-refractivity contribution is 5.88. The van der Waals surface area contributed by atoms with Crippen LogP contribution in [0.25, 0.3) is 10.8 Å². The predicted molar refractivity (Wildman–Crippen MR) is 106 cm³/mol. The Morgan fingerprint density at radius 2 is 1.73 bits per heavy atom. The molecule has 2 N–H and O–H groups in total. The first-order valence-electron chi connectivity index (χ1n) is 9.35. The molecule has 0 aliphatic carbocycles. The zero-order valence-electron chi connectivity index (χ0n) is 14.9. The Hall–Kier alpha value is -2.36. The maximum atomic E-state index is 11.2. The number of rotatable bonds is 6. The highest BCUT2D eigenvalue weighted by atomic mass is 16.5. The second-order valence-electron chi connectivity index (χ2n) is 7.11. The smallest absolute Gasteiger partial charge is 0.127 e. The van der Waals surface area contributed by atoms with Gasteiger partial charge in [-0.25, -0.2) is 0 Å². The first-order chi connectivity index (χ1) is 12.8. The molecule has 3 aromatic carbocycles. The maximum absolute atomic E-state index is 11.2. The van der Waals surface area contributed by atoms with Gasteiger partial charge >= 0.3 is 0 Å². The summed E-state index contributed by atoms with van der Waals surface area (Å²) in [5.74, 6) is 0.972. The number of hydrogen-bond donors (Lipinski definition) is 2.